The summed E-state index contributed by atoms with van der Waals surface area (Å²) in [6.07, 6.45) is -0.298. The van der Waals surface area contributed by atoms with E-state index < -0.39 is 36.2 Å². The van der Waals surface area contributed by atoms with Crippen molar-refractivity contribution in [3.05, 3.63) is 33.8 Å². The molecule has 1 fully saturated rings. The zero-order valence-corrected chi connectivity index (χ0v) is 17.6. The monoisotopic (exact) mass is 446 g/mol. The summed E-state index contributed by atoms with van der Waals surface area (Å²) < 4.78 is 5.09. The van der Waals surface area contributed by atoms with Crippen LogP contribution < -0.4 is 5.32 Å². The molecule has 1 amide bonds. The molecular formula is C19H24Cl2N2O6. The minimum atomic E-state index is -1.19. The van der Waals surface area contributed by atoms with E-state index in [-0.39, 0.29) is 31.9 Å². The largest absolute Gasteiger partial charge is 0.480 e. The van der Waals surface area contributed by atoms with Crippen molar-refractivity contribution in [2.45, 2.75) is 51.4 Å². The molecule has 10 heteroatoms. The van der Waals surface area contributed by atoms with Crippen molar-refractivity contribution >= 4 is 41.2 Å². The Kier molecular flexibility index (Phi) is 8.13. The predicted molar refractivity (Wildman–Crippen MR) is 107 cm³/mol. The lowest BCUT2D eigenvalue weighted by atomic mass is 10.0. The highest BCUT2D eigenvalue weighted by atomic mass is 35.5. The van der Waals surface area contributed by atoms with Gasteiger partial charge in [0.1, 0.15) is 18.7 Å². The van der Waals surface area contributed by atoms with Crippen LogP contribution in [0.2, 0.25) is 10.0 Å². The van der Waals surface area contributed by atoms with Crippen molar-refractivity contribution < 1.29 is 29.3 Å². The lowest BCUT2D eigenvalue weighted by Crippen LogP contribution is -2.50. The molecule has 1 heterocycles. The fourth-order valence-electron chi connectivity index (χ4n) is 3.24. The van der Waals surface area contributed by atoms with Gasteiger partial charge in [-0.05, 0) is 42.5 Å². The van der Waals surface area contributed by atoms with Gasteiger partial charge in [-0.15, -0.1) is 0 Å². The number of nitrogens with one attached hydrogen (secondary N) is 1. The van der Waals surface area contributed by atoms with Gasteiger partial charge in [0, 0.05) is 16.6 Å². The molecule has 0 aromatic heterocycles. The van der Waals surface area contributed by atoms with E-state index in [0.717, 1.165) is 0 Å². The first-order valence-electron chi connectivity index (χ1n) is 9.16. The topological polar surface area (TPSA) is 116 Å². The van der Waals surface area contributed by atoms with Crippen LogP contribution >= 0.6 is 23.2 Å². The molecule has 0 bridgehead atoms. The lowest BCUT2D eigenvalue weighted by Gasteiger charge is -2.27. The fourth-order valence-corrected chi connectivity index (χ4v) is 3.82. The van der Waals surface area contributed by atoms with Crippen LogP contribution in [0.4, 0.5) is 4.79 Å². The van der Waals surface area contributed by atoms with Crippen LogP contribution in [0.3, 0.4) is 0 Å². The van der Waals surface area contributed by atoms with Crippen molar-refractivity contribution in [1.82, 2.24) is 10.2 Å². The summed E-state index contributed by atoms with van der Waals surface area (Å²) in [7, 11) is 0. The van der Waals surface area contributed by atoms with Crippen LogP contribution in [0.25, 0.3) is 0 Å². The average molecular weight is 447 g/mol. The molecule has 1 aliphatic heterocycles. The van der Waals surface area contributed by atoms with Gasteiger partial charge < -0.3 is 14.9 Å². The third-order valence-electron chi connectivity index (χ3n) is 4.56. The quantitative estimate of drug-likeness (QED) is 0.504. The summed E-state index contributed by atoms with van der Waals surface area (Å²) in [5.41, 5.74) is 0.675. The molecule has 3 atom stereocenters. The smallest absolute Gasteiger partial charge is 0.410 e. The Morgan fingerprint density at radius 2 is 1.76 bits per heavy atom. The summed E-state index contributed by atoms with van der Waals surface area (Å²) in [4.78, 5) is 36.8. The van der Waals surface area contributed by atoms with Crippen molar-refractivity contribution in [3.63, 3.8) is 0 Å². The maximum atomic E-state index is 12.2. The molecule has 8 nitrogen and oxygen atoms in total. The fraction of sp³-hybridized carbons (Fsp3) is 0.526. The number of ether oxygens (including phenoxy) is 1. The van der Waals surface area contributed by atoms with Gasteiger partial charge in [-0.2, -0.15) is 0 Å². The van der Waals surface area contributed by atoms with E-state index >= 15 is 0 Å². The third-order valence-corrected chi connectivity index (χ3v) is 5.00. The van der Waals surface area contributed by atoms with Crippen LogP contribution in [0.5, 0.6) is 0 Å². The van der Waals surface area contributed by atoms with E-state index in [0.29, 0.717) is 15.6 Å². The number of hydrogen-bond donors (Lipinski definition) is 3. The second kappa shape index (κ2) is 10.1. The maximum absolute atomic E-state index is 12.2. The molecule has 1 aliphatic rings. The van der Waals surface area contributed by atoms with E-state index in [1.54, 1.807) is 18.2 Å². The first-order chi connectivity index (χ1) is 13.6. The number of halogens is 2. The number of cyclic esters (lactones) is 1. The Balaban J connectivity index is 2.13. The molecule has 0 aliphatic carbocycles. The number of carbonyl (C=O) groups is 3. The highest BCUT2D eigenvalue weighted by Crippen LogP contribution is 2.24. The van der Waals surface area contributed by atoms with Crippen molar-refractivity contribution in [3.8, 4) is 0 Å². The lowest BCUT2D eigenvalue weighted by molar-refractivity contribution is -0.143. The van der Waals surface area contributed by atoms with Gasteiger partial charge in [-0.1, -0.05) is 37.0 Å². The van der Waals surface area contributed by atoms with Crippen molar-refractivity contribution in [2.24, 2.45) is 5.92 Å². The maximum Gasteiger partial charge on any atom is 0.410 e. The van der Waals surface area contributed by atoms with Gasteiger partial charge in [0.05, 0.1) is 6.04 Å². The SMILES string of the molecule is CC(C)C[C@H](NC(CC1COC(=O)N1Cc1cc(Cl)cc(Cl)c1)C(=O)O)C(=O)O. The Bertz CT molecular complexity index is 753. The molecule has 0 saturated carbocycles. The van der Waals surface area contributed by atoms with Crippen LogP contribution in [0.1, 0.15) is 32.3 Å². The van der Waals surface area contributed by atoms with Crippen LogP contribution in [0, 0.1) is 5.92 Å². The normalized spacial score (nSPS) is 18.6. The number of hydrogen-bond acceptors (Lipinski definition) is 5. The number of carbonyl (C=O) groups excluding carboxylic acids is 1. The van der Waals surface area contributed by atoms with E-state index in [1.165, 1.54) is 4.90 Å². The highest BCUT2D eigenvalue weighted by Gasteiger charge is 2.37. The molecule has 1 aromatic carbocycles. The zero-order chi connectivity index (χ0) is 21.7. The van der Waals surface area contributed by atoms with Gasteiger partial charge in [0.25, 0.3) is 0 Å². The van der Waals surface area contributed by atoms with E-state index in [1.807, 2.05) is 13.8 Å². The molecule has 2 unspecified atom stereocenters. The molecule has 2 rings (SSSR count). The van der Waals surface area contributed by atoms with Gasteiger partial charge >= 0.3 is 18.0 Å². The van der Waals surface area contributed by atoms with E-state index in [4.69, 9.17) is 27.9 Å². The molecular weight excluding hydrogens is 423 g/mol. The standard InChI is InChI=1S/C19H24Cl2N2O6/c1-10(2)3-15(17(24)25)22-16(18(26)27)7-14-9-29-19(28)23(14)8-11-4-12(20)6-13(21)5-11/h4-6,10,14-16,22H,3,7-9H2,1-2H3,(H,24,25)(H,26,27)/t14?,15-,16?/m0/s1. The van der Waals surface area contributed by atoms with Crippen molar-refractivity contribution in [1.29, 1.82) is 0 Å². The van der Waals surface area contributed by atoms with E-state index in [2.05, 4.69) is 5.32 Å². The van der Waals surface area contributed by atoms with Crippen LogP contribution in [-0.4, -0.2) is 57.9 Å². The molecule has 1 aromatic rings. The first-order valence-corrected chi connectivity index (χ1v) is 9.92. The third kappa shape index (κ3) is 6.76. The summed E-state index contributed by atoms with van der Waals surface area (Å²) >= 11 is 12.0. The second-order valence-electron chi connectivity index (χ2n) is 7.45. The number of nitrogens with zero attached hydrogens (tertiary/aromatic N) is 1. The van der Waals surface area contributed by atoms with E-state index in [9.17, 15) is 24.6 Å². The van der Waals surface area contributed by atoms with Crippen LogP contribution in [0.15, 0.2) is 18.2 Å². The van der Waals surface area contributed by atoms with Gasteiger partial charge in [0.15, 0.2) is 0 Å². The Hall–Kier alpha value is -2.03. The summed E-state index contributed by atoms with van der Waals surface area (Å²) in [6, 6.07) is 2.19. The molecule has 160 valence electrons. The second-order valence-corrected chi connectivity index (χ2v) is 8.32. The summed E-state index contributed by atoms with van der Waals surface area (Å²) in [5, 5.41) is 22.5. The summed E-state index contributed by atoms with van der Waals surface area (Å²) in [6.45, 7) is 3.87. The van der Waals surface area contributed by atoms with Gasteiger partial charge in [-0.25, -0.2) is 4.79 Å². The molecule has 29 heavy (non-hydrogen) atoms. The highest BCUT2D eigenvalue weighted by molar-refractivity contribution is 6.34. The predicted octanol–water partition coefficient (Wildman–Crippen LogP) is 3.25. The Morgan fingerprint density at radius 3 is 2.28 bits per heavy atom. The van der Waals surface area contributed by atoms with Crippen molar-refractivity contribution in [2.75, 3.05) is 6.61 Å². The Labute approximate surface area is 178 Å². The number of aliphatic carboxylic acids is 2. The zero-order valence-electron chi connectivity index (χ0n) is 16.1. The number of amides is 1. The molecule has 1 saturated heterocycles. The number of benzene rings is 1. The number of carboxylic acid groups (broad SMARTS) is 2. The average Bonchev–Trinajstić information content (AvgIpc) is 2.92. The number of carboxylic acids is 2. The first kappa shape index (κ1) is 23.3. The molecule has 0 radical (unpaired) electrons. The molecule has 3 N–H and O–H groups in total. The van der Waals surface area contributed by atoms with Crippen LogP contribution in [-0.2, 0) is 20.9 Å². The van der Waals surface area contributed by atoms with Gasteiger partial charge in [-0.3, -0.25) is 19.8 Å². The Morgan fingerprint density at radius 1 is 1.17 bits per heavy atom. The van der Waals surface area contributed by atoms with Gasteiger partial charge in [0.2, 0.25) is 0 Å². The number of rotatable bonds is 10. The molecule has 0 spiro atoms. The minimum Gasteiger partial charge on any atom is -0.480 e. The minimum absolute atomic E-state index is 0.00273. The summed E-state index contributed by atoms with van der Waals surface area (Å²) in [5.74, 6) is -2.24.